The molecular weight excluding hydrogens is 242 g/mol. The molecule has 19 heavy (non-hydrogen) atoms. The highest BCUT2D eigenvalue weighted by Crippen LogP contribution is 2.28. The minimum Gasteiger partial charge on any atom is -0.173 e. The summed E-state index contributed by atoms with van der Waals surface area (Å²) in [6.45, 7) is 1.90. The first-order valence-corrected chi connectivity index (χ1v) is 6.42. The van der Waals surface area contributed by atoms with Crippen molar-refractivity contribution < 1.29 is 8.78 Å². The van der Waals surface area contributed by atoms with E-state index in [1.807, 2.05) is 49.4 Å². The van der Waals surface area contributed by atoms with E-state index in [1.54, 1.807) is 12.1 Å². The Balaban J connectivity index is 2.31. The number of allylic oxidation sites excluding steroid dienone is 1. The summed E-state index contributed by atoms with van der Waals surface area (Å²) in [6.07, 6.45) is -0.450. The topological polar surface area (TPSA) is 0 Å². The molecule has 0 nitrogen and oxygen atoms in total. The molecule has 2 rings (SSSR count). The number of hydrogen-bond acceptors (Lipinski definition) is 0. The molecule has 0 aliphatic carbocycles. The van der Waals surface area contributed by atoms with Gasteiger partial charge in [-0.3, -0.25) is 0 Å². The van der Waals surface area contributed by atoms with Gasteiger partial charge in [-0.05, 0) is 23.1 Å². The van der Waals surface area contributed by atoms with Crippen LogP contribution in [0.4, 0.5) is 8.78 Å². The van der Waals surface area contributed by atoms with E-state index in [-0.39, 0.29) is 5.57 Å². The zero-order chi connectivity index (χ0) is 13.7. The Morgan fingerprint density at radius 1 is 0.842 bits per heavy atom. The van der Waals surface area contributed by atoms with Crippen molar-refractivity contribution in [3.8, 4) is 11.1 Å². The normalized spacial score (nSPS) is 10.3. The minimum absolute atomic E-state index is 0.155. The Labute approximate surface area is 112 Å². The molecule has 2 aromatic rings. The molecular formula is C17H16F2. The molecule has 0 N–H and O–H groups in total. The minimum atomic E-state index is -1.57. The van der Waals surface area contributed by atoms with Crippen LogP contribution in [0.1, 0.15) is 25.3 Å². The van der Waals surface area contributed by atoms with E-state index in [0.29, 0.717) is 18.4 Å². The summed E-state index contributed by atoms with van der Waals surface area (Å²) in [4.78, 5) is 0. The van der Waals surface area contributed by atoms with Gasteiger partial charge in [0.2, 0.25) is 0 Å². The summed E-state index contributed by atoms with van der Waals surface area (Å²) in [6, 6.07) is 17.2. The molecule has 0 fully saturated rings. The Bertz CT molecular complexity index is 550. The van der Waals surface area contributed by atoms with Crippen LogP contribution in [0, 0.1) is 0 Å². The number of benzene rings is 2. The number of halogens is 2. The Hall–Kier alpha value is -1.96. The number of rotatable bonds is 4. The van der Waals surface area contributed by atoms with Gasteiger partial charge in [-0.1, -0.05) is 67.9 Å². The van der Waals surface area contributed by atoms with Gasteiger partial charge in [-0.25, -0.2) is 0 Å². The lowest BCUT2D eigenvalue weighted by atomic mass is 9.99. The second-order valence-corrected chi connectivity index (χ2v) is 4.43. The third-order valence-corrected chi connectivity index (χ3v) is 3.07. The van der Waals surface area contributed by atoms with Crippen LogP contribution < -0.4 is 0 Å². The van der Waals surface area contributed by atoms with Crippen LogP contribution in [0.2, 0.25) is 0 Å². The molecule has 0 radical (unpaired) electrons. The SMILES string of the molecule is CCCC(=C(F)F)c1ccc(-c2ccccc2)cc1. The van der Waals surface area contributed by atoms with Gasteiger partial charge in [0.05, 0.1) is 0 Å². The Morgan fingerprint density at radius 2 is 1.42 bits per heavy atom. The average molecular weight is 258 g/mol. The zero-order valence-electron chi connectivity index (χ0n) is 10.9. The molecule has 0 unspecified atom stereocenters. The second kappa shape index (κ2) is 6.28. The van der Waals surface area contributed by atoms with E-state index in [4.69, 9.17) is 0 Å². The van der Waals surface area contributed by atoms with Crippen molar-refractivity contribution in [2.45, 2.75) is 19.8 Å². The van der Waals surface area contributed by atoms with Crippen molar-refractivity contribution in [2.24, 2.45) is 0 Å². The smallest absolute Gasteiger partial charge is 0.173 e. The standard InChI is InChI=1S/C17H16F2/c1-2-6-16(17(18)19)15-11-9-14(10-12-15)13-7-4-3-5-8-13/h3-5,7-12H,2,6H2,1H3. The first-order valence-electron chi connectivity index (χ1n) is 6.42. The monoisotopic (exact) mass is 258 g/mol. The Morgan fingerprint density at radius 3 is 1.95 bits per heavy atom. The fourth-order valence-electron chi connectivity index (χ4n) is 2.09. The molecule has 0 aromatic heterocycles. The van der Waals surface area contributed by atoms with Crippen LogP contribution in [0.5, 0.6) is 0 Å². The average Bonchev–Trinajstić information content (AvgIpc) is 2.46. The lowest BCUT2D eigenvalue weighted by molar-refractivity contribution is 0.423. The van der Waals surface area contributed by atoms with Crippen molar-refractivity contribution >= 4 is 5.57 Å². The predicted molar refractivity (Wildman–Crippen MR) is 75.9 cm³/mol. The summed E-state index contributed by atoms with van der Waals surface area (Å²) in [5, 5.41) is 0. The molecule has 0 atom stereocenters. The highest BCUT2D eigenvalue weighted by Gasteiger charge is 2.08. The van der Waals surface area contributed by atoms with Gasteiger partial charge in [0, 0.05) is 5.57 Å². The lowest BCUT2D eigenvalue weighted by Gasteiger charge is -2.07. The quantitative estimate of drug-likeness (QED) is 0.654. The van der Waals surface area contributed by atoms with Crippen LogP contribution in [-0.4, -0.2) is 0 Å². The molecule has 0 heterocycles. The van der Waals surface area contributed by atoms with Gasteiger partial charge >= 0.3 is 0 Å². The van der Waals surface area contributed by atoms with E-state index in [0.717, 1.165) is 11.1 Å². The number of hydrogen-bond donors (Lipinski definition) is 0. The molecule has 0 saturated carbocycles. The van der Waals surface area contributed by atoms with E-state index in [9.17, 15) is 8.78 Å². The first kappa shape index (κ1) is 13.5. The van der Waals surface area contributed by atoms with Crippen LogP contribution in [0.15, 0.2) is 60.7 Å². The third-order valence-electron chi connectivity index (χ3n) is 3.07. The van der Waals surface area contributed by atoms with Crippen LogP contribution in [0.3, 0.4) is 0 Å². The predicted octanol–water partition coefficient (Wildman–Crippen LogP) is 5.76. The maximum absolute atomic E-state index is 12.9. The highest BCUT2D eigenvalue weighted by atomic mass is 19.3. The summed E-state index contributed by atoms with van der Waals surface area (Å²) in [7, 11) is 0. The van der Waals surface area contributed by atoms with Crippen molar-refractivity contribution in [3.05, 3.63) is 66.2 Å². The van der Waals surface area contributed by atoms with Gasteiger partial charge in [-0.15, -0.1) is 0 Å². The van der Waals surface area contributed by atoms with Gasteiger partial charge in [-0.2, -0.15) is 8.78 Å². The molecule has 0 amide bonds. The fraction of sp³-hybridized carbons (Fsp3) is 0.176. The third kappa shape index (κ3) is 3.28. The highest BCUT2D eigenvalue weighted by molar-refractivity contribution is 5.70. The largest absolute Gasteiger partial charge is 0.274 e. The molecule has 98 valence electrons. The lowest BCUT2D eigenvalue weighted by Crippen LogP contribution is -1.87. The summed E-state index contributed by atoms with van der Waals surface area (Å²) >= 11 is 0. The molecule has 2 aromatic carbocycles. The van der Waals surface area contributed by atoms with E-state index in [2.05, 4.69) is 0 Å². The first-order chi connectivity index (χ1) is 9.22. The molecule has 0 bridgehead atoms. The molecule has 0 spiro atoms. The molecule has 2 heteroatoms. The van der Waals surface area contributed by atoms with Crippen molar-refractivity contribution in [1.29, 1.82) is 0 Å². The van der Waals surface area contributed by atoms with E-state index >= 15 is 0 Å². The maximum atomic E-state index is 12.9. The summed E-state index contributed by atoms with van der Waals surface area (Å²) < 4.78 is 25.8. The van der Waals surface area contributed by atoms with Crippen LogP contribution in [-0.2, 0) is 0 Å². The zero-order valence-corrected chi connectivity index (χ0v) is 10.9. The van der Waals surface area contributed by atoms with Crippen molar-refractivity contribution in [2.75, 3.05) is 0 Å². The second-order valence-electron chi connectivity index (χ2n) is 4.43. The van der Waals surface area contributed by atoms with Gasteiger partial charge < -0.3 is 0 Å². The summed E-state index contributed by atoms with van der Waals surface area (Å²) in [5.74, 6) is 0. The van der Waals surface area contributed by atoms with Crippen LogP contribution in [0.25, 0.3) is 16.7 Å². The van der Waals surface area contributed by atoms with Gasteiger partial charge in [0.1, 0.15) is 0 Å². The van der Waals surface area contributed by atoms with Crippen LogP contribution >= 0.6 is 0 Å². The Kier molecular flexibility index (Phi) is 4.45. The van der Waals surface area contributed by atoms with E-state index in [1.165, 1.54) is 0 Å². The fourth-order valence-corrected chi connectivity index (χ4v) is 2.09. The van der Waals surface area contributed by atoms with Gasteiger partial charge in [0.15, 0.2) is 0 Å². The molecule has 0 saturated heterocycles. The van der Waals surface area contributed by atoms with Crippen molar-refractivity contribution in [1.82, 2.24) is 0 Å². The summed E-state index contributed by atoms with van der Waals surface area (Å²) in [5.41, 5.74) is 2.90. The van der Waals surface area contributed by atoms with Gasteiger partial charge in [0.25, 0.3) is 6.08 Å². The van der Waals surface area contributed by atoms with E-state index < -0.39 is 6.08 Å². The maximum Gasteiger partial charge on any atom is 0.274 e. The molecule has 0 aliphatic heterocycles. The molecule has 0 aliphatic rings. The van der Waals surface area contributed by atoms with Crippen molar-refractivity contribution in [3.63, 3.8) is 0 Å².